The second kappa shape index (κ2) is 12.9. The molecule has 0 atom stereocenters. The summed E-state index contributed by atoms with van der Waals surface area (Å²) in [6, 6.07) is 14.6. The van der Waals surface area contributed by atoms with Crippen LogP contribution >= 0.6 is 24.0 Å². The van der Waals surface area contributed by atoms with Crippen molar-refractivity contribution in [2.75, 3.05) is 33.6 Å². The lowest BCUT2D eigenvalue weighted by atomic mass is 10.1. The molecule has 0 saturated carbocycles. The van der Waals surface area contributed by atoms with Crippen LogP contribution in [0.4, 0.5) is 0 Å². The Hall–Kier alpha value is -2.04. The number of aliphatic imine (C=N–C) groups is 1. The van der Waals surface area contributed by atoms with Gasteiger partial charge in [0.2, 0.25) is 6.79 Å². The number of hydrogen-bond acceptors (Lipinski definition) is 5. The third-order valence-electron chi connectivity index (χ3n) is 5.47. The maximum absolute atomic E-state index is 6.04. The van der Waals surface area contributed by atoms with Crippen LogP contribution in [0, 0.1) is 0 Å². The fourth-order valence-electron chi connectivity index (χ4n) is 3.71. The lowest BCUT2D eigenvalue weighted by Gasteiger charge is -2.22. The molecule has 2 aliphatic heterocycles. The number of ether oxygens (including phenoxy) is 4. The van der Waals surface area contributed by atoms with Crippen molar-refractivity contribution in [2.45, 2.75) is 38.5 Å². The van der Waals surface area contributed by atoms with E-state index in [1.165, 1.54) is 16.7 Å². The second-order valence-electron chi connectivity index (χ2n) is 7.73. The van der Waals surface area contributed by atoms with Gasteiger partial charge in [-0.05, 0) is 48.1 Å². The molecule has 2 aromatic carbocycles. The molecule has 32 heavy (non-hydrogen) atoms. The molecule has 0 radical (unpaired) electrons. The predicted molar refractivity (Wildman–Crippen MR) is 135 cm³/mol. The van der Waals surface area contributed by atoms with E-state index in [-0.39, 0.29) is 24.0 Å². The topological polar surface area (TPSA) is 73.3 Å². The highest BCUT2D eigenvalue weighted by Crippen LogP contribution is 2.32. The second-order valence-corrected chi connectivity index (χ2v) is 7.73. The van der Waals surface area contributed by atoms with Crippen molar-refractivity contribution in [3.8, 4) is 11.5 Å². The van der Waals surface area contributed by atoms with Gasteiger partial charge < -0.3 is 29.6 Å². The Labute approximate surface area is 206 Å². The first kappa shape index (κ1) is 24.6. The first-order chi connectivity index (χ1) is 15.3. The van der Waals surface area contributed by atoms with Gasteiger partial charge in [0.25, 0.3) is 0 Å². The van der Waals surface area contributed by atoms with Gasteiger partial charge in [-0.25, -0.2) is 0 Å². The van der Waals surface area contributed by atoms with Gasteiger partial charge in [-0.15, -0.1) is 24.0 Å². The molecule has 2 aromatic rings. The molecule has 7 nitrogen and oxygen atoms in total. The Morgan fingerprint density at radius 1 is 1.00 bits per heavy atom. The molecule has 2 aliphatic rings. The molecule has 1 fully saturated rings. The fourth-order valence-corrected chi connectivity index (χ4v) is 3.71. The zero-order valence-corrected chi connectivity index (χ0v) is 20.8. The molecule has 8 heteroatoms. The van der Waals surface area contributed by atoms with Crippen molar-refractivity contribution in [1.29, 1.82) is 0 Å². The van der Waals surface area contributed by atoms with Gasteiger partial charge in [0.05, 0.1) is 12.7 Å². The number of benzene rings is 2. The SMILES string of the molecule is CN=C(NCCc1ccc2c(c1)OCO2)NCc1cccc(COC2CCOCC2)c1.I. The van der Waals surface area contributed by atoms with Gasteiger partial charge in [0.15, 0.2) is 17.5 Å². The largest absolute Gasteiger partial charge is 0.454 e. The molecular formula is C24H32IN3O4. The summed E-state index contributed by atoms with van der Waals surface area (Å²) in [5, 5.41) is 6.75. The van der Waals surface area contributed by atoms with Crippen LogP contribution in [0.3, 0.4) is 0 Å². The summed E-state index contributed by atoms with van der Waals surface area (Å²) >= 11 is 0. The maximum atomic E-state index is 6.04. The van der Waals surface area contributed by atoms with Crippen molar-refractivity contribution in [1.82, 2.24) is 10.6 Å². The van der Waals surface area contributed by atoms with Gasteiger partial charge in [-0.1, -0.05) is 30.3 Å². The summed E-state index contributed by atoms with van der Waals surface area (Å²) in [7, 11) is 1.79. The minimum atomic E-state index is 0. The van der Waals surface area contributed by atoms with Gasteiger partial charge >= 0.3 is 0 Å². The van der Waals surface area contributed by atoms with Gasteiger partial charge in [-0.3, -0.25) is 4.99 Å². The molecule has 0 bridgehead atoms. The van der Waals surface area contributed by atoms with E-state index in [0.717, 1.165) is 56.5 Å². The fraction of sp³-hybridized carbons (Fsp3) is 0.458. The van der Waals surface area contributed by atoms with Crippen molar-refractivity contribution in [3.05, 3.63) is 59.2 Å². The quantitative estimate of drug-likeness (QED) is 0.296. The molecule has 1 saturated heterocycles. The third kappa shape index (κ3) is 7.25. The molecule has 174 valence electrons. The summed E-state index contributed by atoms with van der Waals surface area (Å²) in [6.07, 6.45) is 3.14. The van der Waals surface area contributed by atoms with Gasteiger partial charge in [-0.2, -0.15) is 0 Å². The van der Waals surface area contributed by atoms with Gasteiger partial charge in [0, 0.05) is 33.4 Å². The van der Waals surface area contributed by atoms with Gasteiger partial charge in [0.1, 0.15) is 0 Å². The van der Waals surface area contributed by atoms with E-state index in [1.807, 2.05) is 12.1 Å². The summed E-state index contributed by atoms with van der Waals surface area (Å²) in [5.41, 5.74) is 3.59. The number of nitrogens with zero attached hydrogens (tertiary/aromatic N) is 1. The first-order valence-corrected chi connectivity index (χ1v) is 10.9. The van der Waals surface area contributed by atoms with E-state index in [9.17, 15) is 0 Å². The number of hydrogen-bond donors (Lipinski definition) is 2. The molecular weight excluding hydrogens is 521 g/mol. The van der Waals surface area contributed by atoms with Crippen LogP contribution in [-0.4, -0.2) is 45.7 Å². The highest BCUT2D eigenvalue weighted by molar-refractivity contribution is 14.0. The van der Waals surface area contributed by atoms with Crippen molar-refractivity contribution in [3.63, 3.8) is 0 Å². The summed E-state index contributed by atoms with van der Waals surface area (Å²) < 4.78 is 22.2. The van der Waals surface area contributed by atoms with Crippen LogP contribution in [0.2, 0.25) is 0 Å². The summed E-state index contributed by atoms with van der Waals surface area (Å²) in [4.78, 5) is 4.33. The monoisotopic (exact) mass is 553 g/mol. The van der Waals surface area contributed by atoms with E-state index in [1.54, 1.807) is 7.05 Å². The number of rotatable bonds is 8. The highest BCUT2D eigenvalue weighted by Gasteiger charge is 2.14. The smallest absolute Gasteiger partial charge is 0.231 e. The minimum absolute atomic E-state index is 0. The maximum Gasteiger partial charge on any atom is 0.231 e. The summed E-state index contributed by atoms with van der Waals surface area (Å²) in [5.74, 6) is 2.42. The van der Waals surface area contributed by atoms with Crippen molar-refractivity contribution in [2.24, 2.45) is 4.99 Å². The Bertz CT molecular complexity index is 887. The van der Waals surface area contributed by atoms with E-state index in [0.29, 0.717) is 26.0 Å². The number of nitrogens with one attached hydrogen (secondary N) is 2. The summed E-state index contributed by atoms with van der Waals surface area (Å²) in [6.45, 7) is 4.02. The zero-order chi connectivity index (χ0) is 21.3. The Balaban J connectivity index is 0.00000289. The van der Waals surface area contributed by atoms with Crippen molar-refractivity contribution >= 4 is 29.9 Å². The Kier molecular flexibility index (Phi) is 9.89. The number of guanidine groups is 1. The Morgan fingerprint density at radius 2 is 1.81 bits per heavy atom. The van der Waals surface area contributed by atoms with E-state index < -0.39 is 0 Å². The average molecular weight is 553 g/mol. The molecule has 2 N–H and O–H groups in total. The molecule has 4 rings (SSSR count). The lowest BCUT2D eigenvalue weighted by molar-refractivity contribution is -0.0390. The van der Waals surface area contributed by atoms with E-state index in [4.69, 9.17) is 18.9 Å². The van der Waals surface area contributed by atoms with Crippen LogP contribution in [0.1, 0.15) is 29.5 Å². The first-order valence-electron chi connectivity index (χ1n) is 10.9. The highest BCUT2D eigenvalue weighted by atomic mass is 127. The van der Waals surface area contributed by atoms with Crippen LogP contribution in [0.5, 0.6) is 11.5 Å². The average Bonchev–Trinajstić information content (AvgIpc) is 3.29. The molecule has 0 aliphatic carbocycles. The number of halogens is 1. The van der Waals surface area contributed by atoms with Crippen molar-refractivity contribution < 1.29 is 18.9 Å². The molecule has 0 amide bonds. The molecule has 2 heterocycles. The molecule has 0 aromatic heterocycles. The molecule has 0 spiro atoms. The van der Waals surface area contributed by atoms with Crippen LogP contribution < -0.4 is 20.1 Å². The normalized spacial score (nSPS) is 15.8. The lowest BCUT2D eigenvalue weighted by Crippen LogP contribution is -2.37. The van der Waals surface area contributed by atoms with Crippen LogP contribution in [0.25, 0.3) is 0 Å². The van der Waals surface area contributed by atoms with E-state index in [2.05, 4.69) is 46.0 Å². The third-order valence-corrected chi connectivity index (χ3v) is 5.47. The molecule has 0 unspecified atom stereocenters. The predicted octanol–water partition coefficient (Wildman–Crippen LogP) is 3.64. The van der Waals surface area contributed by atoms with Crippen LogP contribution in [-0.2, 0) is 29.0 Å². The zero-order valence-electron chi connectivity index (χ0n) is 18.5. The van der Waals surface area contributed by atoms with E-state index >= 15 is 0 Å². The number of fused-ring (bicyclic) bond motifs is 1. The Morgan fingerprint density at radius 3 is 2.66 bits per heavy atom. The van der Waals surface area contributed by atoms with Crippen LogP contribution in [0.15, 0.2) is 47.5 Å². The standard InChI is InChI=1S/C24H31N3O4.HI/c1-25-24(26-10-7-18-5-6-22-23(14-18)31-17-30-22)27-15-19-3-2-4-20(13-19)16-29-21-8-11-28-12-9-21;/h2-6,13-14,21H,7-12,15-17H2,1H3,(H2,25,26,27);1H. The minimum Gasteiger partial charge on any atom is -0.454 e.